The summed E-state index contributed by atoms with van der Waals surface area (Å²) < 4.78 is 10.9. The van der Waals surface area contributed by atoms with Crippen molar-refractivity contribution in [3.05, 3.63) is 35.4 Å². The van der Waals surface area contributed by atoms with Gasteiger partial charge >= 0.3 is 7.60 Å². The molecule has 9 heteroatoms. The van der Waals surface area contributed by atoms with E-state index in [1.165, 1.54) is 24.3 Å². The Balaban J connectivity index is 0. The first kappa shape index (κ1) is 18.7. The lowest BCUT2D eigenvalue weighted by atomic mass is 10.1. The molecule has 0 saturated heterocycles. The van der Waals surface area contributed by atoms with E-state index in [2.05, 4.69) is 0 Å². The Morgan fingerprint density at radius 3 is 1.94 bits per heavy atom. The first-order valence-electron chi connectivity index (χ1n) is 4.07. The van der Waals surface area contributed by atoms with E-state index >= 15 is 0 Å². The van der Waals surface area contributed by atoms with Gasteiger partial charge in [-0.25, -0.2) is 0 Å². The molecule has 0 radical (unpaired) electrons. The minimum atomic E-state index is -4.32. The van der Waals surface area contributed by atoms with Crippen LogP contribution in [0.1, 0.15) is 16.9 Å². The first-order chi connectivity index (χ1) is 6.82. The summed E-state index contributed by atoms with van der Waals surface area (Å²) in [7, 11) is -4.32. The molecule has 1 aromatic carbocycles. The molecule has 0 bridgehead atoms. The highest BCUT2D eigenvalue weighted by molar-refractivity contribution is 7.52. The molecule has 0 aliphatic rings. The number of hydrogen-bond donors (Lipinski definition) is 5. The Hall–Kier alpha value is -0.620. The van der Waals surface area contributed by atoms with Gasteiger partial charge in [0.15, 0.2) is 0 Å². The molecule has 0 fully saturated rings. The summed E-state index contributed by atoms with van der Waals surface area (Å²) in [5, 5.41) is 7.13. The van der Waals surface area contributed by atoms with Gasteiger partial charge < -0.3 is 21.3 Å². The second kappa shape index (κ2) is 6.96. The summed E-state index contributed by atoms with van der Waals surface area (Å²) in [6.07, 6.45) is 0. The summed E-state index contributed by atoms with van der Waals surface area (Å²) in [5.41, 5.74) is 11.4. The van der Waals surface area contributed by atoms with Crippen LogP contribution in [0.25, 0.3) is 0 Å². The van der Waals surface area contributed by atoms with Crippen LogP contribution >= 0.6 is 32.4 Å². The number of rotatable bonds is 3. The average molecular weight is 302 g/mol. The fraction of sp³-hybridized carbons (Fsp3) is 0.125. The second-order valence-corrected chi connectivity index (χ2v) is 4.80. The fourth-order valence-electron chi connectivity index (χ4n) is 1.05. The Morgan fingerprint density at radius 2 is 1.65 bits per heavy atom. The van der Waals surface area contributed by atoms with Crippen molar-refractivity contribution in [3.63, 3.8) is 0 Å². The highest BCUT2D eigenvalue weighted by Crippen LogP contribution is 2.47. The van der Waals surface area contributed by atoms with Crippen molar-refractivity contribution >= 4 is 38.2 Å². The molecule has 0 spiro atoms. The van der Waals surface area contributed by atoms with Crippen LogP contribution < -0.4 is 11.5 Å². The van der Waals surface area contributed by atoms with E-state index < -0.39 is 13.4 Å². The number of amidine groups is 1. The van der Waals surface area contributed by atoms with E-state index in [9.17, 15) is 4.57 Å². The molecule has 0 aliphatic heterocycles. The molecule has 0 amide bonds. The topological polar surface area (TPSA) is 133 Å². The van der Waals surface area contributed by atoms with Crippen LogP contribution in [0.2, 0.25) is 0 Å². The van der Waals surface area contributed by atoms with E-state index in [-0.39, 0.29) is 30.6 Å². The summed E-state index contributed by atoms with van der Waals surface area (Å²) in [5.74, 6) is -1.44. The molecular formula is C8H14Cl2N3O3P. The van der Waals surface area contributed by atoms with Crippen LogP contribution in [0.3, 0.4) is 0 Å². The van der Waals surface area contributed by atoms with Gasteiger partial charge in [-0.3, -0.25) is 9.97 Å². The predicted octanol–water partition coefficient (Wildman–Crippen LogP) is 0.949. The number of nitrogens with two attached hydrogens (primary N) is 2. The zero-order chi connectivity index (χ0) is 11.6. The third-order valence-electron chi connectivity index (χ3n) is 1.93. The van der Waals surface area contributed by atoms with Crippen molar-refractivity contribution in [3.8, 4) is 0 Å². The summed E-state index contributed by atoms with van der Waals surface area (Å²) >= 11 is 0. The van der Waals surface area contributed by atoms with E-state index in [0.29, 0.717) is 11.1 Å². The molecule has 1 unspecified atom stereocenters. The van der Waals surface area contributed by atoms with Gasteiger partial charge in [-0.1, -0.05) is 24.3 Å². The minimum absolute atomic E-state index is 0. The molecule has 6 nitrogen and oxygen atoms in total. The first-order valence-corrected chi connectivity index (χ1v) is 5.75. The lowest BCUT2D eigenvalue weighted by Gasteiger charge is -2.13. The zero-order valence-corrected chi connectivity index (χ0v) is 11.1. The van der Waals surface area contributed by atoms with Gasteiger partial charge in [0.2, 0.25) is 0 Å². The van der Waals surface area contributed by atoms with Gasteiger partial charge in [0.05, 0.1) is 0 Å². The van der Waals surface area contributed by atoms with Crippen LogP contribution in [-0.2, 0) is 4.57 Å². The molecule has 98 valence electrons. The van der Waals surface area contributed by atoms with Crippen LogP contribution in [0.5, 0.6) is 0 Å². The lowest BCUT2D eigenvalue weighted by Crippen LogP contribution is -2.13. The minimum Gasteiger partial charge on any atom is -0.384 e. The number of nitrogens with one attached hydrogen (secondary N) is 1. The maximum atomic E-state index is 10.9. The normalized spacial score (nSPS) is 11.9. The lowest BCUT2D eigenvalue weighted by molar-refractivity contribution is 0.359. The van der Waals surface area contributed by atoms with Gasteiger partial charge in [0.25, 0.3) is 0 Å². The summed E-state index contributed by atoms with van der Waals surface area (Å²) in [6.45, 7) is 0. The largest absolute Gasteiger partial charge is 0.384 e. The molecule has 1 aromatic rings. The average Bonchev–Trinajstić information content (AvgIpc) is 2.15. The smallest absolute Gasteiger partial charge is 0.346 e. The van der Waals surface area contributed by atoms with E-state index in [1.807, 2.05) is 0 Å². The van der Waals surface area contributed by atoms with Gasteiger partial charge in [-0.05, 0) is 5.56 Å². The molecular weight excluding hydrogens is 288 g/mol. The monoisotopic (exact) mass is 301 g/mol. The fourth-order valence-corrected chi connectivity index (χ4v) is 1.61. The third kappa shape index (κ3) is 5.04. The van der Waals surface area contributed by atoms with Crippen LogP contribution in [0, 0.1) is 5.41 Å². The van der Waals surface area contributed by atoms with Crippen LogP contribution in [-0.4, -0.2) is 15.6 Å². The maximum Gasteiger partial charge on any atom is 0.346 e. The van der Waals surface area contributed by atoms with E-state index in [1.54, 1.807) is 0 Å². The molecule has 0 heterocycles. The molecule has 0 aliphatic carbocycles. The van der Waals surface area contributed by atoms with Crippen molar-refractivity contribution in [1.29, 1.82) is 5.41 Å². The van der Waals surface area contributed by atoms with Crippen molar-refractivity contribution in [1.82, 2.24) is 0 Å². The third-order valence-corrected chi connectivity index (χ3v) is 2.95. The SMILES string of the molecule is Cl.Cl.N=C(N)c1ccc(C(N)P(=O)(O)O)cc1. The van der Waals surface area contributed by atoms with E-state index in [0.717, 1.165) is 0 Å². The Bertz CT molecular complexity index is 421. The quantitative estimate of drug-likeness (QED) is 0.322. The van der Waals surface area contributed by atoms with Crippen molar-refractivity contribution in [2.75, 3.05) is 0 Å². The molecule has 1 atom stereocenters. The Labute approximate surface area is 111 Å². The van der Waals surface area contributed by atoms with Gasteiger partial charge in [-0.15, -0.1) is 24.8 Å². The van der Waals surface area contributed by atoms with Crippen molar-refractivity contribution in [2.45, 2.75) is 5.78 Å². The Morgan fingerprint density at radius 1 is 1.24 bits per heavy atom. The molecule has 0 aromatic heterocycles. The molecule has 1 rings (SSSR count). The number of hydrogen-bond acceptors (Lipinski definition) is 3. The maximum absolute atomic E-state index is 10.9. The standard InChI is InChI=1S/C8H12N3O3P.2ClH/c9-7(10)5-1-3-6(4-2-5)8(11)15(12,13)14;;/h1-4,8H,11H2,(H3,9,10)(H2,12,13,14);2*1H. The zero-order valence-electron chi connectivity index (χ0n) is 8.61. The summed E-state index contributed by atoms with van der Waals surface area (Å²) in [6, 6.07) is 5.88. The van der Waals surface area contributed by atoms with Gasteiger partial charge in [0, 0.05) is 5.56 Å². The van der Waals surface area contributed by atoms with Crippen LogP contribution in [0.15, 0.2) is 24.3 Å². The Kier molecular flexibility index (Phi) is 7.67. The molecule has 17 heavy (non-hydrogen) atoms. The number of benzene rings is 1. The predicted molar refractivity (Wildman–Crippen MR) is 70.9 cm³/mol. The molecule has 7 N–H and O–H groups in total. The van der Waals surface area contributed by atoms with Gasteiger partial charge in [-0.2, -0.15) is 0 Å². The summed E-state index contributed by atoms with van der Waals surface area (Å²) in [4.78, 5) is 17.7. The highest BCUT2D eigenvalue weighted by atomic mass is 35.5. The number of halogens is 2. The van der Waals surface area contributed by atoms with Crippen LogP contribution in [0.4, 0.5) is 0 Å². The van der Waals surface area contributed by atoms with E-state index in [4.69, 9.17) is 26.7 Å². The highest BCUT2D eigenvalue weighted by Gasteiger charge is 2.25. The van der Waals surface area contributed by atoms with Crippen molar-refractivity contribution < 1.29 is 14.4 Å². The second-order valence-electron chi connectivity index (χ2n) is 3.07. The van der Waals surface area contributed by atoms with Crippen molar-refractivity contribution in [2.24, 2.45) is 11.5 Å². The molecule has 0 saturated carbocycles. The number of nitrogen functional groups attached to an aromatic ring is 1. The van der Waals surface area contributed by atoms with Gasteiger partial charge in [0.1, 0.15) is 11.6 Å².